The fourth-order valence-corrected chi connectivity index (χ4v) is 2.89. The van der Waals surface area contributed by atoms with Gasteiger partial charge in [0.1, 0.15) is 5.75 Å². The molecule has 3 rings (SSSR count). The van der Waals surface area contributed by atoms with Gasteiger partial charge in [-0.1, -0.05) is 38.1 Å². The molecule has 0 aliphatic carbocycles. The molecule has 0 fully saturated rings. The lowest BCUT2D eigenvalue weighted by atomic mass is 9.99. The topological polar surface area (TPSA) is 27.1 Å². The molecular weight excluding hydrogens is 296 g/mol. The Morgan fingerprint density at radius 3 is 2.62 bits per heavy atom. The molecule has 1 atom stereocenters. The fraction of sp³-hybridized carbons (Fsp3) is 0.381. The number of nitrogens with zero attached hydrogens (tertiary/aromatic N) is 2. The summed E-state index contributed by atoms with van der Waals surface area (Å²) in [5.74, 6) is 1.58. The number of rotatable bonds is 8. The van der Waals surface area contributed by atoms with Crippen molar-refractivity contribution in [1.29, 1.82) is 0 Å². The van der Waals surface area contributed by atoms with E-state index in [4.69, 9.17) is 4.74 Å². The lowest BCUT2D eigenvalue weighted by Crippen LogP contribution is -2.01. The third-order valence-corrected chi connectivity index (χ3v) is 4.65. The minimum absolute atomic E-state index is 0.615. The Morgan fingerprint density at radius 2 is 1.83 bits per heavy atom. The molecule has 0 spiro atoms. The minimum atomic E-state index is 0.615. The maximum absolute atomic E-state index is 5.86. The zero-order valence-electron chi connectivity index (χ0n) is 14.6. The van der Waals surface area contributed by atoms with Gasteiger partial charge in [0, 0.05) is 6.54 Å². The van der Waals surface area contributed by atoms with Gasteiger partial charge < -0.3 is 9.30 Å². The van der Waals surface area contributed by atoms with E-state index >= 15 is 0 Å². The first-order valence-electron chi connectivity index (χ1n) is 8.90. The van der Waals surface area contributed by atoms with E-state index in [1.165, 1.54) is 17.5 Å². The molecule has 0 bridgehead atoms. The van der Waals surface area contributed by atoms with Gasteiger partial charge in [0.15, 0.2) is 0 Å². The summed E-state index contributed by atoms with van der Waals surface area (Å²) in [6.45, 7) is 6.22. The predicted octanol–water partition coefficient (Wildman–Crippen LogP) is 5.41. The van der Waals surface area contributed by atoms with Crippen LogP contribution in [0.25, 0.3) is 11.0 Å². The van der Waals surface area contributed by atoms with Crippen LogP contribution in [-0.2, 0) is 6.54 Å². The van der Waals surface area contributed by atoms with Crippen molar-refractivity contribution in [3.8, 4) is 5.75 Å². The molecule has 2 aromatic carbocycles. The second-order valence-corrected chi connectivity index (χ2v) is 6.36. The van der Waals surface area contributed by atoms with E-state index in [2.05, 4.69) is 65.9 Å². The summed E-state index contributed by atoms with van der Waals surface area (Å²) in [5, 5.41) is 0. The van der Waals surface area contributed by atoms with Crippen molar-refractivity contribution in [1.82, 2.24) is 9.55 Å². The van der Waals surface area contributed by atoms with E-state index in [1.807, 2.05) is 12.4 Å². The number of aryl methyl sites for hydroxylation is 1. The molecule has 1 heterocycles. The van der Waals surface area contributed by atoms with Crippen molar-refractivity contribution in [2.75, 3.05) is 6.61 Å². The summed E-state index contributed by atoms with van der Waals surface area (Å²) in [4.78, 5) is 4.43. The number of imidazole rings is 1. The van der Waals surface area contributed by atoms with Crippen LogP contribution in [0.1, 0.15) is 44.6 Å². The first-order valence-corrected chi connectivity index (χ1v) is 8.90. The molecule has 0 radical (unpaired) electrons. The van der Waals surface area contributed by atoms with E-state index in [9.17, 15) is 0 Å². The van der Waals surface area contributed by atoms with Crippen LogP contribution in [0.3, 0.4) is 0 Å². The summed E-state index contributed by atoms with van der Waals surface area (Å²) >= 11 is 0. The average molecular weight is 322 g/mol. The maximum Gasteiger partial charge on any atom is 0.119 e. The smallest absolute Gasteiger partial charge is 0.119 e. The molecular formula is C21H26N2O. The third-order valence-electron chi connectivity index (χ3n) is 4.65. The molecule has 1 aromatic heterocycles. The van der Waals surface area contributed by atoms with E-state index in [-0.39, 0.29) is 0 Å². The zero-order chi connectivity index (χ0) is 16.8. The van der Waals surface area contributed by atoms with Gasteiger partial charge in [0.25, 0.3) is 0 Å². The van der Waals surface area contributed by atoms with Crippen LogP contribution in [0.4, 0.5) is 0 Å². The normalized spacial score (nSPS) is 12.4. The summed E-state index contributed by atoms with van der Waals surface area (Å²) < 4.78 is 8.07. The first kappa shape index (κ1) is 16.6. The number of benzene rings is 2. The maximum atomic E-state index is 5.86. The standard InChI is InChI=1S/C21H26N2O/c1-3-17(2)18-10-12-19(13-11-18)24-15-7-6-14-23-16-22-20-8-4-5-9-21(20)23/h4-5,8-13,16-17H,3,6-7,14-15H2,1-2H3. The van der Waals surface area contributed by atoms with Crippen LogP contribution in [0.2, 0.25) is 0 Å². The van der Waals surface area contributed by atoms with Crippen LogP contribution >= 0.6 is 0 Å². The molecule has 0 N–H and O–H groups in total. The van der Waals surface area contributed by atoms with Crippen molar-refractivity contribution < 1.29 is 4.74 Å². The summed E-state index contributed by atoms with van der Waals surface area (Å²) in [5.41, 5.74) is 3.66. The Morgan fingerprint density at radius 1 is 1.04 bits per heavy atom. The molecule has 3 nitrogen and oxygen atoms in total. The Kier molecular flexibility index (Phi) is 5.52. The summed E-state index contributed by atoms with van der Waals surface area (Å²) in [7, 11) is 0. The second-order valence-electron chi connectivity index (χ2n) is 6.36. The van der Waals surface area contributed by atoms with Crippen LogP contribution in [0.15, 0.2) is 54.9 Å². The average Bonchev–Trinajstić information content (AvgIpc) is 3.04. The highest BCUT2D eigenvalue weighted by Crippen LogP contribution is 2.21. The molecule has 24 heavy (non-hydrogen) atoms. The van der Waals surface area contributed by atoms with Gasteiger partial charge in [-0.25, -0.2) is 4.98 Å². The highest BCUT2D eigenvalue weighted by Gasteiger charge is 2.03. The molecule has 0 aliphatic rings. The molecule has 0 saturated carbocycles. The fourth-order valence-electron chi connectivity index (χ4n) is 2.89. The van der Waals surface area contributed by atoms with Gasteiger partial charge in [-0.2, -0.15) is 0 Å². The Balaban J connectivity index is 1.42. The predicted molar refractivity (Wildman–Crippen MR) is 99.6 cm³/mol. The van der Waals surface area contributed by atoms with Crippen LogP contribution in [0, 0.1) is 0 Å². The Bertz CT molecular complexity index is 761. The van der Waals surface area contributed by atoms with Gasteiger partial charge in [0.05, 0.1) is 24.0 Å². The first-order chi connectivity index (χ1) is 11.8. The van der Waals surface area contributed by atoms with Crippen LogP contribution in [0.5, 0.6) is 5.75 Å². The quantitative estimate of drug-likeness (QED) is 0.519. The molecule has 3 heteroatoms. The van der Waals surface area contributed by atoms with Crippen molar-refractivity contribution in [2.45, 2.75) is 45.6 Å². The van der Waals surface area contributed by atoms with Crippen molar-refractivity contribution in [3.05, 3.63) is 60.4 Å². The number of para-hydroxylation sites is 2. The number of fused-ring (bicyclic) bond motifs is 1. The highest BCUT2D eigenvalue weighted by molar-refractivity contribution is 5.74. The Hall–Kier alpha value is -2.29. The van der Waals surface area contributed by atoms with Gasteiger partial charge in [-0.05, 0) is 55.0 Å². The van der Waals surface area contributed by atoms with Gasteiger partial charge >= 0.3 is 0 Å². The van der Waals surface area contributed by atoms with Gasteiger partial charge in [0.2, 0.25) is 0 Å². The second kappa shape index (κ2) is 8.00. The number of unbranched alkanes of at least 4 members (excludes halogenated alkanes) is 1. The summed E-state index contributed by atoms with van der Waals surface area (Å²) in [6.07, 6.45) is 5.23. The Labute approximate surface area is 144 Å². The number of ether oxygens (including phenoxy) is 1. The van der Waals surface area contributed by atoms with E-state index in [0.29, 0.717) is 5.92 Å². The monoisotopic (exact) mass is 322 g/mol. The minimum Gasteiger partial charge on any atom is -0.494 e. The van der Waals surface area contributed by atoms with Crippen molar-refractivity contribution in [3.63, 3.8) is 0 Å². The molecule has 126 valence electrons. The van der Waals surface area contributed by atoms with E-state index in [1.54, 1.807) is 0 Å². The summed E-state index contributed by atoms with van der Waals surface area (Å²) in [6, 6.07) is 16.8. The van der Waals surface area contributed by atoms with Gasteiger partial charge in [-0.15, -0.1) is 0 Å². The van der Waals surface area contributed by atoms with Crippen molar-refractivity contribution in [2.24, 2.45) is 0 Å². The molecule has 0 saturated heterocycles. The van der Waals surface area contributed by atoms with Crippen LogP contribution in [-0.4, -0.2) is 16.2 Å². The van der Waals surface area contributed by atoms with Crippen molar-refractivity contribution >= 4 is 11.0 Å². The van der Waals surface area contributed by atoms with Gasteiger partial charge in [-0.3, -0.25) is 0 Å². The SMILES string of the molecule is CCC(C)c1ccc(OCCCCn2cnc3ccccc32)cc1. The zero-order valence-corrected chi connectivity index (χ0v) is 14.6. The lowest BCUT2D eigenvalue weighted by Gasteiger charge is -2.11. The van der Waals surface area contributed by atoms with Crippen LogP contribution < -0.4 is 4.74 Å². The largest absolute Gasteiger partial charge is 0.494 e. The number of aromatic nitrogens is 2. The lowest BCUT2D eigenvalue weighted by molar-refractivity contribution is 0.303. The molecule has 3 aromatic rings. The third kappa shape index (κ3) is 3.97. The molecule has 0 aliphatic heterocycles. The molecule has 1 unspecified atom stereocenters. The van der Waals surface area contributed by atoms with E-state index < -0.39 is 0 Å². The highest BCUT2D eigenvalue weighted by atomic mass is 16.5. The number of hydrogen-bond donors (Lipinski definition) is 0. The molecule has 0 amide bonds. The van der Waals surface area contributed by atoms with E-state index in [0.717, 1.165) is 37.3 Å². The number of hydrogen-bond acceptors (Lipinski definition) is 2.